The lowest BCUT2D eigenvalue weighted by molar-refractivity contribution is -0.147. The van der Waals surface area contributed by atoms with E-state index in [1.807, 2.05) is 54.7 Å². The Bertz CT molecular complexity index is 1590. The van der Waals surface area contributed by atoms with Gasteiger partial charge in [-0.15, -0.1) is 0 Å². The Kier molecular flexibility index (Phi) is 5.74. The number of ether oxygens (including phenoxy) is 1. The number of nitrogens with zero attached hydrogens (tertiary/aromatic N) is 2. The van der Waals surface area contributed by atoms with E-state index in [0.717, 1.165) is 32.7 Å². The minimum Gasteiger partial charge on any atom is -0.481 e. The number of carboxylic acids is 1. The summed E-state index contributed by atoms with van der Waals surface area (Å²) < 4.78 is 22.2. The van der Waals surface area contributed by atoms with Crippen molar-refractivity contribution < 1.29 is 19.0 Å². The van der Waals surface area contributed by atoms with Crippen molar-refractivity contribution in [3.05, 3.63) is 96.4 Å². The molecule has 2 aromatic heterocycles. The van der Waals surface area contributed by atoms with Gasteiger partial charge in [0.15, 0.2) is 0 Å². The number of pyridine rings is 1. The zero-order valence-corrected chi connectivity index (χ0v) is 20.2. The van der Waals surface area contributed by atoms with Gasteiger partial charge in [-0.05, 0) is 66.3 Å². The van der Waals surface area contributed by atoms with Gasteiger partial charge in [-0.25, -0.2) is 9.37 Å². The number of hydrogen-bond donors (Lipinski definition) is 1. The maximum absolute atomic E-state index is 14.7. The number of carbonyl (C=O) groups is 1. The highest BCUT2D eigenvalue weighted by Gasteiger charge is 2.42. The number of carboxylic acid groups (broad SMARTS) is 1. The normalized spacial score (nSPS) is 15.4. The molecule has 1 fully saturated rings. The first-order valence-corrected chi connectivity index (χ1v) is 12.6. The van der Waals surface area contributed by atoms with Crippen LogP contribution in [0.25, 0.3) is 27.8 Å². The van der Waals surface area contributed by atoms with Gasteiger partial charge >= 0.3 is 5.97 Å². The molecule has 3 aromatic carbocycles. The van der Waals surface area contributed by atoms with Crippen molar-refractivity contribution in [3.8, 4) is 11.4 Å². The predicted molar refractivity (Wildman–Crippen MR) is 138 cm³/mol. The van der Waals surface area contributed by atoms with Crippen LogP contribution in [0.4, 0.5) is 4.39 Å². The van der Waals surface area contributed by atoms with E-state index >= 15 is 0 Å². The second-order valence-electron chi connectivity index (χ2n) is 9.04. The van der Waals surface area contributed by atoms with Gasteiger partial charge in [0, 0.05) is 28.6 Å². The van der Waals surface area contributed by atoms with Crippen LogP contribution >= 0.6 is 11.8 Å². The molecule has 0 saturated carbocycles. The Balaban J connectivity index is 1.38. The molecule has 0 bridgehead atoms. The van der Waals surface area contributed by atoms with E-state index in [4.69, 9.17) is 4.74 Å². The van der Waals surface area contributed by atoms with Crippen LogP contribution in [0.15, 0.2) is 94.9 Å². The van der Waals surface area contributed by atoms with Crippen LogP contribution in [0.1, 0.15) is 18.4 Å². The van der Waals surface area contributed by atoms with E-state index in [9.17, 15) is 14.3 Å². The Labute approximate surface area is 211 Å². The van der Waals surface area contributed by atoms with Crippen LogP contribution < -0.4 is 0 Å². The molecular weight excluding hydrogens is 475 g/mol. The molecule has 36 heavy (non-hydrogen) atoms. The average molecular weight is 499 g/mol. The molecule has 0 amide bonds. The van der Waals surface area contributed by atoms with E-state index in [2.05, 4.69) is 27.6 Å². The Morgan fingerprint density at radius 3 is 2.56 bits per heavy atom. The third-order valence-corrected chi connectivity index (χ3v) is 7.87. The third kappa shape index (κ3) is 3.94. The summed E-state index contributed by atoms with van der Waals surface area (Å²) in [6.07, 6.45) is 2.53. The smallest absolute Gasteiger partial charge is 0.314 e. The second-order valence-corrected chi connectivity index (χ2v) is 10.2. The first-order valence-electron chi connectivity index (χ1n) is 11.8. The first-order chi connectivity index (χ1) is 17.5. The number of hydrogen-bond acceptors (Lipinski definition) is 4. The highest BCUT2D eigenvalue weighted by molar-refractivity contribution is 7.99. The molecular formula is C29H23FN2O3S. The highest BCUT2D eigenvalue weighted by atomic mass is 32.2. The summed E-state index contributed by atoms with van der Waals surface area (Å²) in [5, 5.41) is 11.0. The lowest BCUT2D eigenvalue weighted by atomic mass is 9.74. The number of imidazole rings is 1. The van der Waals surface area contributed by atoms with Crippen LogP contribution in [0.3, 0.4) is 0 Å². The highest BCUT2D eigenvalue weighted by Crippen LogP contribution is 2.39. The van der Waals surface area contributed by atoms with Crippen LogP contribution in [-0.2, 0) is 14.9 Å². The van der Waals surface area contributed by atoms with Gasteiger partial charge in [-0.3, -0.25) is 9.20 Å². The lowest BCUT2D eigenvalue weighted by Gasteiger charge is -2.33. The number of fused-ring (bicyclic) bond motifs is 3. The summed E-state index contributed by atoms with van der Waals surface area (Å²) in [4.78, 5) is 18.5. The third-order valence-electron chi connectivity index (χ3n) is 6.91. The molecule has 0 unspecified atom stereocenters. The fourth-order valence-electron chi connectivity index (χ4n) is 5.01. The molecule has 0 aliphatic carbocycles. The van der Waals surface area contributed by atoms with E-state index < -0.39 is 17.2 Å². The summed E-state index contributed by atoms with van der Waals surface area (Å²) in [7, 11) is 0. The lowest BCUT2D eigenvalue weighted by Crippen LogP contribution is -2.41. The van der Waals surface area contributed by atoms with Crippen LogP contribution in [0.5, 0.6) is 0 Å². The van der Waals surface area contributed by atoms with Gasteiger partial charge in [0.25, 0.3) is 0 Å². The Morgan fingerprint density at radius 2 is 1.78 bits per heavy atom. The van der Waals surface area contributed by atoms with Crippen molar-refractivity contribution in [2.75, 3.05) is 13.2 Å². The van der Waals surface area contributed by atoms with E-state index in [1.165, 1.54) is 23.9 Å². The first kappa shape index (κ1) is 22.8. The quantitative estimate of drug-likeness (QED) is 0.297. The van der Waals surface area contributed by atoms with Crippen molar-refractivity contribution in [2.24, 2.45) is 0 Å². The van der Waals surface area contributed by atoms with E-state index in [1.54, 1.807) is 0 Å². The van der Waals surface area contributed by atoms with Crippen molar-refractivity contribution >= 4 is 34.2 Å². The fraction of sp³-hybridized carbons (Fsp3) is 0.172. The number of rotatable bonds is 5. The minimum absolute atomic E-state index is 0.330. The van der Waals surface area contributed by atoms with Gasteiger partial charge in [0.2, 0.25) is 0 Å². The molecule has 1 aliphatic rings. The fourth-order valence-corrected chi connectivity index (χ4v) is 5.97. The maximum Gasteiger partial charge on any atom is 0.314 e. The molecule has 0 radical (unpaired) electrons. The molecule has 5 aromatic rings. The van der Waals surface area contributed by atoms with Crippen LogP contribution in [-0.4, -0.2) is 33.7 Å². The summed E-state index contributed by atoms with van der Waals surface area (Å²) >= 11 is 1.42. The molecule has 1 N–H and O–H groups in total. The molecule has 1 aliphatic heterocycles. The number of aliphatic carboxylic acids is 1. The molecule has 7 heteroatoms. The minimum atomic E-state index is -1.13. The number of halogens is 1. The predicted octanol–water partition coefficient (Wildman–Crippen LogP) is 6.58. The molecule has 6 rings (SSSR count). The summed E-state index contributed by atoms with van der Waals surface area (Å²) in [5.74, 6) is -0.492. The molecule has 3 heterocycles. The van der Waals surface area contributed by atoms with Crippen LogP contribution in [0.2, 0.25) is 0 Å². The monoisotopic (exact) mass is 498 g/mol. The number of aromatic nitrogens is 2. The van der Waals surface area contributed by atoms with Gasteiger partial charge in [-0.1, -0.05) is 48.2 Å². The van der Waals surface area contributed by atoms with E-state index in [-0.39, 0.29) is 0 Å². The van der Waals surface area contributed by atoms with Crippen LogP contribution in [0, 0.1) is 5.82 Å². The van der Waals surface area contributed by atoms with Crippen molar-refractivity contribution in [1.82, 2.24) is 9.38 Å². The molecule has 1 saturated heterocycles. The maximum atomic E-state index is 14.7. The van der Waals surface area contributed by atoms with Gasteiger partial charge in [0.05, 0.1) is 22.6 Å². The van der Waals surface area contributed by atoms with Crippen molar-refractivity contribution in [3.63, 3.8) is 0 Å². The zero-order valence-electron chi connectivity index (χ0n) is 19.4. The van der Waals surface area contributed by atoms with Gasteiger partial charge < -0.3 is 9.84 Å². The summed E-state index contributed by atoms with van der Waals surface area (Å²) in [6.45, 7) is 0.702. The zero-order chi connectivity index (χ0) is 24.7. The molecule has 0 spiro atoms. The van der Waals surface area contributed by atoms with Gasteiger partial charge in [-0.2, -0.15) is 0 Å². The standard InChI is InChI=1S/C29H23FN2O3S/c30-22-15-21(29(28(33)34)10-12-35-13-11-29)16-25(17-22)36-24-8-9-26-20(14-24)6-7-23-18-31-27(32(23)26)19-4-2-1-3-5-19/h1-9,14-18H,10-13H2,(H,33,34). The second kappa shape index (κ2) is 9.08. The Hall–Kier alpha value is -3.68. The van der Waals surface area contributed by atoms with Crippen molar-refractivity contribution in [1.29, 1.82) is 0 Å². The van der Waals surface area contributed by atoms with Crippen molar-refractivity contribution in [2.45, 2.75) is 28.0 Å². The molecule has 180 valence electrons. The van der Waals surface area contributed by atoms with E-state index in [0.29, 0.717) is 36.5 Å². The summed E-state index contributed by atoms with van der Waals surface area (Å²) in [6, 6.07) is 24.9. The van der Waals surface area contributed by atoms with Gasteiger partial charge in [0.1, 0.15) is 11.6 Å². The summed E-state index contributed by atoms with van der Waals surface area (Å²) in [5.41, 5.74) is 2.44. The molecule has 0 atom stereocenters. The SMILES string of the molecule is O=C(O)C1(c2cc(F)cc(Sc3ccc4c(ccc5cnc(-c6ccccc6)n54)c3)c2)CCOCC1. The largest absolute Gasteiger partial charge is 0.481 e. The Morgan fingerprint density at radius 1 is 0.972 bits per heavy atom. The topological polar surface area (TPSA) is 63.8 Å². The number of benzene rings is 3. The molecule has 5 nitrogen and oxygen atoms in total. The average Bonchev–Trinajstić information content (AvgIpc) is 3.34.